The lowest BCUT2D eigenvalue weighted by atomic mass is 9.66. The van der Waals surface area contributed by atoms with Crippen LogP contribution in [0.3, 0.4) is 0 Å². The van der Waals surface area contributed by atoms with Gasteiger partial charge in [0.2, 0.25) is 0 Å². The third-order valence-electron chi connectivity index (χ3n) is 7.43. The summed E-state index contributed by atoms with van der Waals surface area (Å²) >= 11 is 0. The standard InChI is InChI=1S/C32H24O/c1-21-15-17-27-25(19-21)24-11-5-6-12-26(24)32(27)28-13-7-8-14-30(28)33-31-20-23(16-18-29(31)32)22-9-3-2-4-10-22/h3,5-20H,2,4H2,1H3. The minimum absolute atomic E-state index is 0.376. The molecule has 0 bridgehead atoms. The predicted molar refractivity (Wildman–Crippen MR) is 135 cm³/mol. The first kappa shape index (κ1) is 18.7. The van der Waals surface area contributed by atoms with Crippen molar-refractivity contribution < 1.29 is 4.74 Å². The van der Waals surface area contributed by atoms with Gasteiger partial charge in [0.05, 0.1) is 5.41 Å². The Morgan fingerprint density at radius 1 is 0.667 bits per heavy atom. The third-order valence-corrected chi connectivity index (χ3v) is 7.43. The molecule has 0 amide bonds. The molecule has 1 heteroatoms. The van der Waals surface area contributed by atoms with Crippen LogP contribution in [0, 0.1) is 6.92 Å². The van der Waals surface area contributed by atoms with Gasteiger partial charge in [0.15, 0.2) is 0 Å². The maximum atomic E-state index is 6.60. The minimum Gasteiger partial charge on any atom is -0.457 e. The normalized spacial score (nSPS) is 19.2. The van der Waals surface area contributed by atoms with Crippen molar-refractivity contribution in [3.8, 4) is 22.6 Å². The largest absolute Gasteiger partial charge is 0.457 e. The molecule has 7 rings (SSSR count). The maximum Gasteiger partial charge on any atom is 0.132 e. The second-order valence-corrected chi connectivity index (χ2v) is 9.29. The molecule has 0 aromatic heterocycles. The number of fused-ring (bicyclic) bond motifs is 9. The van der Waals surface area contributed by atoms with E-state index in [0.29, 0.717) is 0 Å². The minimum atomic E-state index is -0.376. The van der Waals surface area contributed by atoms with Gasteiger partial charge in [-0.25, -0.2) is 0 Å². The maximum absolute atomic E-state index is 6.60. The Labute approximate surface area is 194 Å². The number of allylic oxidation sites excluding steroid dienone is 4. The fraction of sp³-hybridized carbons (Fsp3) is 0.125. The van der Waals surface area contributed by atoms with Crippen molar-refractivity contribution in [1.29, 1.82) is 0 Å². The van der Waals surface area contributed by atoms with Crippen LogP contribution in [-0.4, -0.2) is 0 Å². The summed E-state index contributed by atoms with van der Waals surface area (Å²) in [6.07, 6.45) is 9.04. The first-order valence-corrected chi connectivity index (χ1v) is 11.8. The van der Waals surface area contributed by atoms with Crippen LogP contribution in [0.5, 0.6) is 11.5 Å². The van der Waals surface area contributed by atoms with Gasteiger partial charge in [0.1, 0.15) is 11.5 Å². The summed E-state index contributed by atoms with van der Waals surface area (Å²) in [5, 5.41) is 0. The number of ether oxygens (including phenoxy) is 1. The predicted octanol–water partition coefficient (Wildman–Crippen LogP) is 8.20. The molecule has 1 unspecified atom stereocenters. The molecule has 4 aromatic carbocycles. The van der Waals surface area contributed by atoms with E-state index in [9.17, 15) is 0 Å². The summed E-state index contributed by atoms with van der Waals surface area (Å²) < 4.78 is 6.60. The molecule has 1 aliphatic heterocycles. The number of hydrogen-bond acceptors (Lipinski definition) is 1. The summed E-state index contributed by atoms with van der Waals surface area (Å²) in [4.78, 5) is 0. The molecule has 0 saturated heterocycles. The van der Waals surface area contributed by atoms with E-state index >= 15 is 0 Å². The van der Waals surface area contributed by atoms with Gasteiger partial charge in [-0.05, 0) is 65.3 Å². The van der Waals surface area contributed by atoms with E-state index in [4.69, 9.17) is 4.74 Å². The Morgan fingerprint density at radius 2 is 1.42 bits per heavy atom. The van der Waals surface area contributed by atoms with E-state index in [0.717, 1.165) is 24.3 Å². The Morgan fingerprint density at radius 3 is 2.30 bits per heavy atom. The van der Waals surface area contributed by atoms with E-state index in [1.165, 1.54) is 50.1 Å². The summed E-state index contributed by atoms with van der Waals surface area (Å²) in [7, 11) is 0. The van der Waals surface area contributed by atoms with Crippen molar-refractivity contribution >= 4 is 5.57 Å². The zero-order valence-corrected chi connectivity index (χ0v) is 18.6. The van der Waals surface area contributed by atoms with Crippen molar-refractivity contribution in [2.24, 2.45) is 0 Å². The molecule has 1 nitrogen and oxygen atoms in total. The summed E-state index contributed by atoms with van der Waals surface area (Å²) in [5.74, 6) is 1.90. The van der Waals surface area contributed by atoms with Gasteiger partial charge >= 0.3 is 0 Å². The molecule has 2 aliphatic carbocycles. The van der Waals surface area contributed by atoms with Gasteiger partial charge in [0.25, 0.3) is 0 Å². The second kappa shape index (κ2) is 6.83. The van der Waals surface area contributed by atoms with Crippen LogP contribution >= 0.6 is 0 Å². The van der Waals surface area contributed by atoms with Crippen LogP contribution < -0.4 is 4.74 Å². The van der Waals surface area contributed by atoms with E-state index in [2.05, 4.69) is 110 Å². The molecule has 3 aliphatic rings. The average molecular weight is 425 g/mol. The molecule has 0 N–H and O–H groups in total. The molecule has 1 heterocycles. The lowest BCUT2D eigenvalue weighted by Gasteiger charge is -2.39. The number of para-hydroxylation sites is 1. The summed E-state index contributed by atoms with van der Waals surface area (Å²) in [6.45, 7) is 2.18. The topological polar surface area (TPSA) is 9.23 Å². The lowest BCUT2D eigenvalue weighted by molar-refractivity contribution is 0.436. The highest BCUT2D eigenvalue weighted by atomic mass is 16.5. The van der Waals surface area contributed by atoms with Crippen LogP contribution in [0.15, 0.2) is 103 Å². The van der Waals surface area contributed by atoms with Crippen molar-refractivity contribution in [2.45, 2.75) is 25.2 Å². The van der Waals surface area contributed by atoms with Crippen LogP contribution in [0.25, 0.3) is 16.7 Å². The number of benzene rings is 4. The van der Waals surface area contributed by atoms with Crippen LogP contribution in [0.4, 0.5) is 0 Å². The van der Waals surface area contributed by atoms with Crippen LogP contribution in [0.1, 0.15) is 46.2 Å². The van der Waals surface area contributed by atoms with Crippen molar-refractivity contribution in [3.05, 3.63) is 137 Å². The van der Waals surface area contributed by atoms with Crippen molar-refractivity contribution in [3.63, 3.8) is 0 Å². The monoisotopic (exact) mass is 424 g/mol. The van der Waals surface area contributed by atoms with Gasteiger partial charge in [0, 0.05) is 11.1 Å². The lowest BCUT2D eigenvalue weighted by Crippen LogP contribution is -2.32. The third kappa shape index (κ3) is 2.48. The first-order chi connectivity index (χ1) is 16.3. The number of hydrogen-bond donors (Lipinski definition) is 0. The van der Waals surface area contributed by atoms with Crippen LogP contribution in [-0.2, 0) is 5.41 Å². The van der Waals surface area contributed by atoms with Crippen molar-refractivity contribution in [1.82, 2.24) is 0 Å². The average Bonchev–Trinajstić information content (AvgIpc) is 3.15. The molecule has 33 heavy (non-hydrogen) atoms. The molecule has 4 aromatic rings. The Bertz CT molecular complexity index is 1500. The van der Waals surface area contributed by atoms with E-state index in [1.54, 1.807) is 0 Å². The van der Waals surface area contributed by atoms with Gasteiger partial charge in [-0.2, -0.15) is 0 Å². The van der Waals surface area contributed by atoms with Gasteiger partial charge in [-0.1, -0.05) is 96.6 Å². The quantitative estimate of drug-likeness (QED) is 0.258. The van der Waals surface area contributed by atoms with Crippen molar-refractivity contribution in [2.75, 3.05) is 0 Å². The van der Waals surface area contributed by atoms with E-state index in [1.807, 2.05) is 0 Å². The zero-order chi connectivity index (χ0) is 22.0. The highest BCUT2D eigenvalue weighted by molar-refractivity contribution is 5.89. The van der Waals surface area contributed by atoms with Gasteiger partial charge < -0.3 is 4.74 Å². The molecular formula is C32H24O. The van der Waals surface area contributed by atoms with Crippen LogP contribution in [0.2, 0.25) is 0 Å². The number of rotatable bonds is 1. The second-order valence-electron chi connectivity index (χ2n) is 9.29. The highest BCUT2D eigenvalue weighted by Crippen LogP contribution is 2.62. The zero-order valence-electron chi connectivity index (χ0n) is 18.6. The Hall–Kier alpha value is -3.84. The molecule has 158 valence electrons. The first-order valence-electron chi connectivity index (χ1n) is 11.8. The molecule has 1 atom stereocenters. The smallest absolute Gasteiger partial charge is 0.132 e. The fourth-order valence-electron chi connectivity index (χ4n) is 6.03. The SMILES string of the molecule is Cc1ccc2c(c1)-c1ccccc1C21c2ccccc2Oc2cc(C3=CCCC=C3)ccc21. The van der Waals surface area contributed by atoms with E-state index in [-0.39, 0.29) is 5.41 Å². The molecule has 0 saturated carbocycles. The molecule has 0 radical (unpaired) electrons. The van der Waals surface area contributed by atoms with Gasteiger partial charge in [-0.15, -0.1) is 0 Å². The molecular weight excluding hydrogens is 400 g/mol. The highest BCUT2D eigenvalue weighted by Gasteiger charge is 2.50. The van der Waals surface area contributed by atoms with E-state index < -0.39 is 0 Å². The summed E-state index contributed by atoms with van der Waals surface area (Å²) in [5.41, 5.74) is 11.2. The Kier molecular flexibility index (Phi) is 3.87. The number of aryl methyl sites for hydroxylation is 1. The molecule has 1 spiro atoms. The summed E-state index contributed by atoms with van der Waals surface area (Å²) in [6, 6.07) is 31.2. The Balaban J connectivity index is 1.58. The molecule has 0 fully saturated rings. The fourth-order valence-corrected chi connectivity index (χ4v) is 6.03. The van der Waals surface area contributed by atoms with Gasteiger partial charge in [-0.3, -0.25) is 0 Å².